The number of methoxy groups -OCH3 is 1. The molecule has 122 valence electrons. The van der Waals surface area contributed by atoms with Gasteiger partial charge in [-0.15, -0.1) is 0 Å². The zero-order chi connectivity index (χ0) is 16.5. The fraction of sp³-hybridized carbons (Fsp3) is 0.278. The molecule has 0 spiro atoms. The Hall–Kier alpha value is -2.69. The van der Waals surface area contributed by atoms with Gasteiger partial charge in [0.2, 0.25) is 0 Å². The number of nitrogens with zero attached hydrogens (tertiary/aromatic N) is 1. The van der Waals surface area contributed by atoms with Crippen molar-refractivity contribution in [2.24, 2.45) is 0 Å². The van der Waals surface area contributed by atoms with Crippen LogP contribution in [0.3, 0.4) is 0 Å². The number of hydrogen-bond acceptors (Lipinski definition) is 5. The van der Waals surface area contributed by atoms with Crippen LogP contribution in [0.25, 0.3) is 0 Å². The Balaban J connectivity index is 1.79. The predicted molar refractivity (Wildman–Crippen MR) is 89.3 cm³/mol. The van der Waals surface area contributed by atoms with E-state index in [1.807, 2.05) is 30.3 Å². The maximum absolute atomic E-state index is 11.7. The molecule has 0 saturated heterocycles. The maximum Gasteiger partial charge on any atom is 0.513 e. The van der Waals surface area contributed by atoms with E-state index >= 15 is 0 Å². The molecule has 0 atom stereocenters. The lowest BCUT2D eigenvalue weighted by atomic mass is 10.3. The van der Waals surface area contributed by atoms with Crippen molar-refractivity contribution in [1.29, 1.82) is 0 Å². The third-order valence-electron chi connectivity index (χ3n) is 3.33. The fourth-order valence-electron chi connectivity index (χ4n) is 2.14. The van der Waals surface area contributed by atoms with E-state index in [4.69, 9.17) is 14.2 Å². The lowest BCUT2D eigenvalue weighted by Crippen LogP contribution is -2.28. The third kappa shape index (κ3) is 5.21. The minimum Gasteiger partial charge on any atom is -0.497 e. The average Bonchev–Trinajstić information content (AvgIpc) is 2.59. The molecule has 2 aromatic rings. The molecule has 0 aliphatic heterocycles. The number of likely N-dealkylation sites (N-methyl/N-ethyl adjacent to an activating group) is 1. The molecule has 5 nitrogen and oxygen atoms in total. The van der Waals surface area contributed by atoms with Gasteiger partial charge < -0.3 is 19.1 Å². The molecule has 0 amide bonds. The van der Waals surface area contributed by atoms with Crippen LogP contribution in [0, 0.1) is 0 Å². The van der Waals surface area contributed by atoms with Crippen molar-refractivity contribution in [3.8, 4) is 11.5 Å². The summed E-state index contributed by atoms with van der Waals surface area (Å²) >= 11 is 0. The van der Waals surface area contributed by atoms with Crippen LogP contribution in [0.15, 0.2) is 54.6 Å². The van der Waals surface area contributed by atoms with Crippen LogP contribution < -0.4 is 14.4 Å². The van der Waals surface area contributed by atoms with Crippen LogP contribution >= 0.6 is 0 Å². The van der Waals surface area contributed by atoms with Crippen LogP contribution in [0.5, 0.6) is 11.5 Å². The van der Waals surface area contributed by atoms with Crippen LogP contribution in [0.2, 0.25) is 0 Å². The lowest BCUT2D eigenvalue weighted by Gasteiger charge is -2.22. The van der Waals surface area contributed by atoms with Gasteiger partial charge >= 0.3 is 6.16 Å². The van der Waals surface area contributed by atoms with E-state index < -0.39 is 6.16 Å². The fourth-order valence-corrected chi connectivity index (χ4v) is 2.14. The topological polar surface area (TPSA) is 48.0 Å². The highest BCUT2D eigenvalue weighted by atomic mass is 16.7. The van der Waals surface area contributed by atoms with E-state index in [1.165, 1.54) is 0 Å². The Kier molecular flexibility index (Phi) is 6.29. The van der Waals surface area contributed by atoms with Gasteiger partial charge in [-0.05, 0) is 31.2 Å². The molecule has 0 aromatic heterocycles. The summed E-state index contributed by atoms with van der Waals surface area (Å²) in [5.74, 6) is 1.02. The van der Waals surface area contributed by atoms with Gasteiger partial charge in [-0.3, -0.25) is 0 Å². The van der Waals surface area contributed by atoms with Gasteiger partial charge in [0.05, 0.1) is 13.7 Å². The van der Waals surface area contributed by atoms with Crippen LogP contribution in [0.4, 0.5) is 10.5 Å². The Morgan fingerprint density at radius 1 is 1.04 bits per heavy atom. The van der Waals surface area contributed by atoms with Gasteiger partial charge in [-0.1, -0.05) is 24.3 Å². The lowest BCUT2D eigenvalue weighted by molar-refractivity contribution is 0.101. The summed E-state index contributed by atoms with van der Waals surface area (Å²) in [5, 5.41) is 0. The van der Waals surface area contributed by atoms with E-state index in [2.05, 4.69) is 11.8 Å². The van der Waals surface area contributed by atoms with Crippen molar-refractivity contribution in [2.45, 2.75) is 6.92 Å². The molecule has 0 N–H and O–H groups in total. The molecule has 0 aliphatic rings. The Bertz CT molecular complexity index is 615. The molecule has 0 bridgehead atoms. The first-order valence-electron chi connectivity index (χ1n) is 7.51. The first kappa shape index (κ1) is 16.7. The number of carbonyl (C=O) groups is 1. The van der Waals surface area contributed by atoms with Crippen LogP contribution in [-0.4, -0.2) is 33.0 Å². The van der Waals surface area contributed by atoms with Gasteiger partial charge in [-0.25, -0.2) is 4.79 Å². The summed E-state index contributed by atoms with van der Waals surface area (Å²) in [5.41, 5.74) is 1.10. The molecule has 0 heterocycles. The molecular formula is C18H21NO4. The molecule has 2 rings (SSSR count). The third-order valence-corrected chi connectivity index (χ3v) is 3.33. The number of ether oxygens (including phenoxy) is 3. The Labute approximate surface area is 136 Å². The number of para-hydroxylation sites is 1. The van der Waals surface area contributed by atoms with E-state index in [0.29, 0.717) is 18.0 Å². The van der Waals surface area contributed by atoms with E-state index in [1.54, 1.807) is 31.4 Å². The summed E-state index contributed by atoms with van der Waals surface area (Å²) in [6.07, 6.45) is -0.720. The zero-order valence-electron chi connectivity index (χ0n) is 13.4. The number of anilines is 1. The van der Waals surface area contributed by atoms with Crippen LogP contribution in [-0.2, 0) is 4.74 Å². The predicted octanol–water partition coefficient (Wildman–Crippen LogP) is 3.74. The number of rotatable bonds is 7. The molecule has 2 aromatic carbocycles. The zero-order valence-corrected chi connectivity index (χ0v) is 13.4. The summed E-state index contributed by atoms with van der Waals surface area (Å²) in [4.78, 5) is 13.8. The smallest absolute Gasteiger partial charge is 0.497 e. The SMILES string of the molecule is CCN(CCOC(=O)Oc1cccc(OC)c1)c1ccccc1. The monoisotopic (exact) mass is 315 g/mol. The quantitative estimate of drug-likeness (QED) is 0.575. The highest BCUT2D eigenvalue weighted by molar-refractivity contribution is 5.64. The standard InChI is InChI=1S/C18H21NO4/c1-3-19(15-8-5-4-6-9-15)12-13-22-18(20)23-17-11-7-10-16(14-17)21-2/h4-11,14H,3,12-13H2,1-2H3. The van der Waals surface area contributed by atoms with E-state index in [-0.39, 0.29) is 6.61 Å². The first-order valence-corrected chi connectivity index (χ1v) is 7.51. The maximum atomic E-state index is 11.7. The van der Waals surface area contributed by atoms with Crippen LogP contribution in [0.1, 0.15) is 6.92 Å². The van der Waals surface area contributed by atoms with Gasteiger partial charge in [0, 0.05) is 18.3 Å². The molecule has 0 aliphatic carbocycles. The average molecular weight is 315 g/mol. The minimum absolute atomic E-state index is 0.255. The molecule has 0 radical (unpaired) electrons. The molecule has 5 heteroatoms. The van der Waals surface area contributed by atoms with E-state index in [0.717, 1.165) is 12.2 Å². The summed E-state index contributed by atoms with van der Waals surface area (Å²) in [6.45, 7) is 3.75. The minimum atomic E-state index is -0.720. The molecular weight excluding hydrogens is 294 g/mol. The summed E-state index contributed by atoms with van der Waals surface area (Å²) in [7, 11) is 1.56. The van der Waals surface area contributed by atoms with E-state index in [9.17, 15) is 4.79 Å². The number of benzene rings is 2. The second kappa shape index (κ2) is 8.68. The first-order chi connectivity index (χ1) is 11.2. The Morgan fingerprint density at radius 3 is 2.48 bits per heavy atom. The molecule has 23 heavy (non-hydrogen) atoms. The highest BCUT2D eigenvalue weighted by Gasteiger charge is 2.09. The van der Waals surface area contributed by atoms with Crippen molar-refractivity contribution in [3.63, 3.8) is 0 Å². The van der Waals surface area contributed by atoms with Gasteiger partial charge in [0.25, 0.3) is 0 Å². The molecule has 0 saturated carbocycles. The summed E-state index contributed by atoms with van der Waals surface area (Å²) in [6, 6.07) is 16.8. The second-order valence-corrected chi connectivity index (χ2v) is 4.79. The van der Waals surface area contributed by atoms with Crippen molar-refractivity contribution in [3.05, 3.63) is 54.6 Å². The highest BCUT2D eigenvalue weighted by Crippen LogP contribution is 2.19. The van der Waals surface area contributed by atoms with Crippen molar-refractivity contribution < 1.29 is 19.0 Å². The Morgan fingerprint density at radius 2 is 1.78 bits per heavy atom. The molecule has 0 unspecified atom stereocenters. The number of carbonyl (C=O) groups excluding carboxylic acids is 1. The largest absolute Gasteiger partial charge is 0.513 e. The normalized spacial score (nSPS) is 10.0. The van der Waals surface area contributed by atoms with Crippen molar-refractivity contribution >= 4 is 11.8 Å². The van der Waals surface area contributed by atoms with Crippen molar-refractivity contribution in [2.75, 3.05) is 31.7 Å². The van der Waals surface area contributed by atoms with Crippen molar-refractivity contribution in [1.82, 2.24) is 0 Å². The molecule has 0 fully saturated rings. The second-order valence-electron chi connectivity index (χ2n) is 4.79. The van der Waals surface area contributed by atoms with Gasteiger partial charge in [-0.2, -0.15) is 0 Å². The summed E-state index contributed by atoms with van der Waals surface area (Å²) < 4.78 is 15.3. The van der Waals surface area contributed by atoms with Gasteiger partial charge in [0.15, 0.2) is 0 Å². The number of hydrogen-bond donors (Lipinski definition) is 0. The van der Waals surface area contributed by atoms with Gasteiger partial charge in [0.1, 0.15) is 18.1 Å².